The van der Waals surface area contributed by atoms with E-state index in [1.54, 1.807) is 7.11 Å². The summed E-state index contributed by atoms with van der Waals surface area (Å²) in [6.07, 6.45) is 6.35. The van der Waals surface area contributed by atoms with E-state index in [0.717, 1.165) is 18.1 Å². The zero-order chi connectivity index (χ0) is 14.9. The SMILES string of the molecule is COc1ccc(C2=CN3C(=NCc4ccccc43)C=C2)cc1. The van der Waals surface area contributed by atoms with E-state index in [-0.39, 0.29) is 0 Å². The Morgan fingerprint density at radius 2 is 1.82 bits per heavy atom. The van der Waals surface area contributed by atoms with Crippen LogP contribution in [-0.2, 0) is 6.54 Å². The standard InChI is InChI=1S/C19H16N2O/c1-22-17-9-6-14(7-10-17)16-8-11-19-20-12-15-4-2-3-5-18(15)21(19)13-16/h2-11,13H,12H2,1H3. The number of hydrogen-bond donors (Lipinski definition) is 0. The number of para-hydroxylation sites is 1. The smallest absolute Gasteiger partial charge is 0.132 e. The lowest BCUT2D eigenvalue weighted by Gasteiger charge is -2.30. The van der Waals surface area contributed by atoms with Crippen molar-refractivity contribution in [3.63, 3.8) is 0 Å². The molecule has 0 atom stereocenters. The van der Waals surface area contributed by atoms with Crippen LogP contribution in [0.4, 0.5) is 5.69 Å². The average Bonchev–Trinajstić information content (AvgIpc) is 2.61. The Labute approximate surface area is 129 Å². The van der Waals surface area contributed by atoms with Crippen LogP contribution >= 0.6 is 0 Å². The Balaban J connectivity index is 1.74. The third-order valence-corrected chi connectivity index (χ3v) is 4.01. The van der Waals surface area contributed by atoms with Gasteiger partial charge in [-0.1, -0.05) is 30.3 Å². The number of hydrogen-bond acceptors (Lipinski definition) is 3. The predicted molar refractivity (Wildman–Crippen MR) is 90.2 cm³/mol. The van der Waals surface area contributed by atoms with Crippen LogP contribution in [0.5, 0.6) is 5.75 Å². The van der Waals surface area contributed by atoms with Gasteiger partial charge in [0.15, 0.2) is 0 Å². The molecular formula is C19H16N2O. The number of nitrogens with zero attached hydrogens (tertiary/aromatic N) is 2. The summed E-state index contributed by atoms with van der Waals surface area (Å²) in [7, 11) is 1.68. The minimum atomic E-state index is 0.748. The minimum Gasteiger partial charge on any atom is -0.497 e. The van der Waals surface area contributed by atoms with Crippen molar-refractivity contribution in [3.05, 3.63) is 78.0 Å². The van der Waals surface area contributed by atoms with Crippen molar-refractivity contribution < 1.29 is 4.74 Å². The molecule has 0 saturated heterocycles. The lowest BCUT2D eigenvalue weighted by Crippen LogP contribution is -2.29. The highest BCUT2D eigenvalue weighted by Gasteiger charge is 2.20. The van der Waals surface area contributed by atoms with Crippen LogP contribution in [0.15, 0.2) is 71.9 Å². The quantitative estimate of drug-likeness (QED) is 0.833. The number of aliphatic imine (C=N–C) groups is 1. The summed E-state index contributed by atoms with van der Waals surface area (Å²) < 4.78 is 5.22. The van der Waals surface area contributed by atoms with E-state index in [0.29, 0.717) is 0 Å². The number of allylic oxidation sites excluding steroid dienone is 2. The van der Waals surface area contributed by atoms with Crippen molar-refractivity contribution >= 4 is 17.1 Å². The van der Waals surface area contributed by atoms with E-state index >= 15 is 0 Å². The van der Waals surface area contributed by atoms with Crippen molar-refractivity contribution in [2.24, 2.45) is 4.99 Å². The highest BCUT2D eigenvalue weighted by molar-refractivity contribution is 6.12. The molecule has 2 aliphatic rings. The lowest BCUT2D eigenvalue weighted by atomic mass is 10.0. The molecule has 0 unspecified atom stereocenters. The number of fused-ring (bicyclic) bond motifs is 3. The summed E-state index contributed by atoms with van der Waals surface area (Å²) in [5.74, 6) is 1.87. The van der Waals surface area contributed by atoms with Gasteiger partial charge in [0.25, 0.3) is 0 Å². The fraction of sp³-hybridized carbons (Fsp3) is 0.105. The predicted octanol–water partition coefficient (Wildman–Crippen LogP) is 4.02. The van der Waals surface area contributed by atoms with Gasteiger partial charge in [-0.15, -0.1) is 0 Å². The van der Waals surface area contributed by atoms with E-state index in [2.05, 4.69) is 64.6 Å². The van der Waals surface area contributed by atoms with Gasteiger partial charge >= 0.3 is 0 Å². The van der Waals surface area contributed by atoms with Crippen molar-refractivity contribution in [3.8, 4) is 5.75 Å². The molecule has 108 valence electrons. The van der Waals surface area contributed by atoms with Gasteiger partial charge in [0.1, 0.15) is 11.6 Å². The Morgan fingerprint density at radius 3 is 2.64 bits per heavy atom. The normalized spacial score (nSPS) is 15.6. The molecule has 0 aliphatic carbocycles. The molecule has 0 fully saturated rings. The van der Waals surface area contributed by atoms with E-state index in [1.165, 1.54) is 22.4 Å². The van der Waals surface area contributed by atoms with Crippen LogP contribution in [0, 0.1) is 0 Å². The second-order valence-electron chi connectivity index (χ2n) is 5.32. The molecule has 0 radical (unpaired) electrons. The summed E-state index contributed by atoms with van der Waals surface area (Å²) in [4.78, 5) is 6.80. The summed E-state index contributed by atoms with van der Waals surface area (Å²) >= 11 is 0. The maximum absolute atomic E-state index is 5.22. The van der Waals surface area contributed by atoms with Gasteiger partial charge in [-0.05, 0) is 47.1 Å². The van der Waals surface area contributed by atoms with E-state index in [4.69, 9.17) is 4.74 Å². The summed E-state index contributed by atoms with van der Waals surface area (Å²) in [5, 5.41) is 0. The van der Waals surface area contributed by atoms with Crippen molar-refractivity contribution in [1.82, 2.24) is 0 Å². The Hall–Kier alpha value is -2.81. The van der Waals surface area contributed by atoms with Gasteiger partial charge in [-0.25, -0.2) is 0 Å². The summed E-state index contributed by atoms with van der Waals surface area (Å²) in [5.41, 5.74) is 4.80. The van der Waals surface area contributed by atoms with E-state index < -0.39 is 0 Å². The fourth-order valence-corrected chi connectivity index (χ4v) is 2.81. The molecule has 3 nitrogen and oxygen atoms in total. The first-order valence-electron chi connectivity index (χ1n) is 7.31. The zero-order valence-corrected chi connectivity index (χ0v) is 12.4. The topological polar surface area (TPSA) is 24.8 Å². The number of anilines is 1. The molecule has 22 heavy (non-hydrogen) atoms. The van der Waals surface area contributed by atoms with Gasteiger partial charge in [0.05, 0.1) is 19.3 Å². The monoisotopic (exact) mass is 288 g/mol. The van der Waals surface area contributed by atoms with Crippen LogP contribution in [0.3, 0.4) is 0 Å². The van der Waals surface area contributed by atoms with Crippen LogP contribution < -0.4 is 9.64 Å². The second kappa shape index (κ2) is 5.19. The van der Waals surface area contributed by atoms with Crippen molar-refractivity contribution in [2.75, 3.05) is 12.0 Å². The highest BCUT2D eigenvalue weighted by atomic mass is 16.5. The largest absolute Gasteiger partial charge is 0.497 e. The maximum Gasteiger partial charge on any atom is 0.132 e. The Bertz CT molecular complexity index is 800. The molecule has 0 aromatic heterocycles. The summed E-state index contributed by atoms with van der Waals surface area (Å²) in [6, 6.07) is 16.5. The van der Waals surface area contributed by atoms with Gasteiger partial charge in [-0.3, -0.25) is 4.99 Å². The van der Waals surface area contributed by atoms with Gasteiger partial charge < -0.3 is 9.64 Å². The second-order valence-corrected chi connectivity index (χ2v) is 5.32. The first kappa shape index (κ1) is 12.9. The van der Waals surface area contributed by atoms with E-state index in [9.17, 15) is 0 Å². The first-order valence-corrected chi connectivity index (χ1v) is 7.31. The minimum absolute atomic E-state index is 0.748. The molecule has 0 saturated carbocycles. The van der Waals surface area contributed by atoms with Crippen LogP contribution in [0.1, 0.15) is 11.1 Å². The Morgan fingerprint density at radius 1 is 1.00 bits per heavy atom. The summed E-state index contributed by atoms with van der Waals surface area (Å²) in [6.45, 7) is 0.748. The molecular weight excluding hydrogens is 272 g/mol. The number of amidine groups is 1. The fourth-order valence-electron chi connectivity index (χ4n) is 2.81. The van der Waals surface area contributed by atoms with Crippen molar-refractivity contribution in [2.45, 2.75) is 6.54 Å². The molecule has 2 heterocycles. The number of benzene rings is 2. The maximum atomic E-state index is 5.22. The lowest BCUT2D eigenvalue weighted by molar-refractivity contribution is 0.415. The Kier molecular flexibility index (Phi) is 3.04. The van der Waals surface area contributed by atoms with E-state index in [1.807, 2.05) is 12.1 Å². The molecule has 0 bridgehead atoms. The first-order chi connectivity index (χ1) is 10.8. The van der Waals surface area contributed by atoms with Crippen molar-refractivity contribution in [1.29, 1.82) is 0 Å². The molecule has 4 rings (SSSR count). The molecule has 2 aliphatic heterocycles. The van der Waals surface area contributed by atoms with Crippen LogP contribution in [0.2, 0.25) is 0 Å². The zero-order valence-electron chi connectivity index (χ0n) is 12.4. The molecule has 0 N–H and O–H groups in total. The third-order valence-electron chi connectivity index (χ3n) is 4.01. The molecule has 0 spiro atoms. The highest BCUT2D eigenvalue weighted by Crippen LogP contribution is 2.31. The molecule has 3 heteroatoms. The van der Waals surface area contributed by atoms with Gasteiger partial charge in [-0.2, -0.15) is 0 Å². The number of ether oxygens (including phenoxy) is 1. The molecule has 2 aromatic rings. The number of rotatable bonds is 2. The molecule has 2 aromatic carbocycles. The third kappa shape index (κ3) is 2.11. The average molecular weight is 288 g/mol. The van der Waals surface area contributed by atoms with Gasteiger partial charge in [0, 0.05) is 6.20 Å². The number of methoxy groups -OCH3 is 1. The van der Waals surface area contributed by atoms with Gasteiger partial charge in [0.2, 0.25) is 0 Å². The van der Waals surface area contributed by atoms with Crippen LogP contribution in [-0.4, -0.2) is 12.9 Å². The van der Waals surface area contributed by atoms with Crippen LogP contribution in [0.25, 0.3) is 5.57 Å². The molecule has 0 amide bonds.